The van der Waals surface area contributed by atoms with E-state index in [-0.39, 0.29) is 5.91 Å². The van der Waals surface area contributed by atoms with Crippen molar-refractivity contribution in [2.24, 2.45) is 0 Å². The van der Waals surface area contributed by atoms with Crippen molar-refractivity contribution in [1.29, 1.82) is 0 Å². The second kappa shape index (κ2) is 5.68. The normalized spacial score (nSPS) is 15.8. The minimum atomic E-state index is 0.0538. The molecule has 1 amide bonds. The Labute approximate surface area is 129 Å². The fraction of sp³-hybridized carbons (Fsp3) is 0.500. The number of hydrogen-bond donors (Lipinski definition) is 0. The Balaban J connectivity index is 2.08. The van der Waals surface area contributed by atoms with E-state index in [0.29, 0.717) is 12.6 Å². The first-order valence-electron chi connectivity index (χ1n) is 7.44. The Kier molecular flexibility index (Phi) is 3.89. The van der Waals surface area contributed by atoms with E-state index in [1.54, 1.807) is 11.8 Å². The Morgan fingerprint density at radius 3 is 2.81 bits per heavy atom. The van der Waals surface area contributed by atoms with Crippen LogP contribution in [0.3, 0.4) is 0 Å². The van der Waals surface area contributed by atoms with Gasteiger partial charge in [0.15, 0.2) is 0 Å². The number of imidazole rings is 1. The topological polar surface area (TPSA) is 38.1 Å². The number of hydrogen-bond acceptors (Lipinski definition) is 2. The molecular weight excluding hydrogens is 286 g/mol. The number of carbonyl (C=O) groups is 1. The van der Waals surface area contributed by atoms with Crippen molar-refractivity contribution in [3.8, 4) is 0 Å². The van der Waals surface area contributed by atoms with Crippen LogP contribution in [-0.4, -0.2) is 27.4 Å². The van der Waals surface area contributed by atoms with E-state index < -0.39 is 0 Å². The van der Waals surface area contributed by atoms with Gasteiger partial charge in [0.05, 0.1) is 17.6 Å². The standard InChI is InChI=1S/C16H20ClN3O/c1-11(21)19(2)10-16-18-14-8-7-12(17)9-15(14)20(16)13-5-3-4-6-13/h7-9,13H,3-6,10H2,1-2H3. The molecule has 1 heterocycles. The maximum atomic E-state index is 11.5. The zero-order valence-corrected chi connectivity index (χ0v) is 13.2. The summed E-state index contributed by atoms with van der Waals surface area (Å²) in [6, 6.07) is 6.29. The SMILES string of the molecule is CC(=O)N(C)Cc1nc2ccc(Cl)cc2n1C1CCCC1. The highest BCUT2D eigenvalue weighted by atomic mass is 35.5. The summed E-state index contributed by atoms with van der Waals surface area (Å²) in [6.07, 6.45) is 4.86. The lowest BCUT2D eigenvalue weighted by atomic mass is 10.2. The van der Waals surface area contributed by atoms with E-state index in [1.807, 2.05) is 25.2 Å². The van der Waals surface area contributed by atoms with Crippen LogP contribution in [0.25, 0.3) is 11.0 Å². The van der Waals surface area contributed by atoms with E-state index in [1.165, 1.54) is 25.7 Å². The number of amides is 1. The van der Waals surface area contributed by atoms with Gasteiger partial charge in [0.25, 0.3) is 0 Å². The number of benzene rings is 1. The van der Waals surface area contributed by atoms with Gasteiger partial charge >= 0.3 is 0 Å². The number of aromatic nitrogens is 2. The van der Waals surface area contributed by atoms with Gasteiger partial charge in [-0.25, -0.2) is 4.98 Å². The van der Waals surface area contributed by atoms with Gasteiger partial charge in [-0.1, -0.05) is 24.4 Å². The molecule has 3 rings (SSSR count). The van der Waals surface area contributed by atoms with Crippen LogP contribution in [0.15, 0.2) is 18.2 Å². The predicted molar refractivity (Wildman–Crippen MR) is 84.4 cm³/mol. The summed E-state index contributed by atoms with van der Waals surface area (Å²) < 4.78 is 2.30. The second-order valence-electron chi connectivity index (χ2n) is 5.84. The summed E-state index contributed by atoms with van der Waals surface area (Å²) in [7, 11) is 1.81. The van der Waals surface area contributed by atoms with Crippen LogP contribution in [0.1, 0.15) is 44.5 Å². The number of carbonyl (C=O) groups excluding carboxylic acids is 1. The molecule has 21 heavy (non-hydrogen) atoms. The van der Waals surface area contributed by atoms with Crippen molar-refractivity contribution in [2.45, 2.75) is 45.2 Å². The molecule has 112 valence electrons. The maximum absolute atomic E-state index is 11.5. The highest BCUT2D eigenvalue weighted by molar-refractivity contribution is 6.31. The van der Waals surface area contributed by atoms with Gasteiger partial charge in [0.2, 0.25) is 5.91 Å². The van der Waals surface area contributed by atoms with Crippen molar-refractivity contribution < 1.29 is 4.79 Å². The Hall–Kier alpha value is -1.55. The smallest absolute Gasteiger partial charge is 0.219 e. The first-order valence-corrected chi connectivity index (χ1v) is 7.82. The van der Waals surface area contributed by atoms with E-state index in [0.717, 1.165) is 21.9 Å². The Morgan fingerprint density at radius 1 is 1.43 bits per heavy atom. The van der Waals surface area contributed by atoms with Gasteiger partial charge < -0.3 is 9.47 Å². The lowest BCUT2D eigenvalue weighted by molar-refractivity contribution is -0.128. The van der Waals surface area contributed by atoms with Crippen LogP contribution in [0.2, 0.25) is 5.02 Å². The molecule has 0 saturated heterocycles. The molecule has 1 aliphatic rings. The van der Waals surface area contributed by atoms with Crippen LogP contribution < -0.4 is 0 Å². The summed E-state index contributed by atoms with van der Waals surface area (Å²) in [6.45, 7) is 2.12. The average molecular weight is 306 g/mol. The van der Waals surface area contributed by atoms with Crippen molar-refractivity contribution in [2.75, 3.05) is 7.05 Å². The molecule has 0 unspecified atom stereocenters. The molecule has 1 fully saturated rings. The summed E-state index contributed by atoms with van der Waals surface area (Å²) >= 11 is 6.16. The van der Waals surface area contributed by atoms with Crippen LogP contribution in [0, 0.1) is 0 Å². The summed E-state index contributed by atoms with van der Waals surface area (Å²) in [5, 5.41) is 0.730. The number of rotatable bonds is 3. The molecule has 0 radical (unpaired) electrons. The minimum Gasteiger partial charge on any atom is -0.339 e. The monoisotopic (exact) mass is 305 g/mol. The van der Waals surface area contributed by atoms with E-state index in [2.05, 4.69) is 4.57 Å². The van der Waals surface area contributed by atoms with Crippen molar-refractivity contribution in [1.82, 2.24) is 14.5 Å². The molecule has 1 saturated carbocycles. The van der Waals surface area contributed by atoms with Gasteiger partial charge in [-0.15, -0.1) is 0 Å². The number of fused-ring (bicyclic) bond motifs is 1. The van der Waals surface area contributed by atoms with Crippen molar-refractivity contribution >= 4 is 28.5 Å². The lowest BCUT2D eigenvalue weighted by Gasteiger charge is -2.20. The van der Waals surface area contributed by atoms with Gasteiger partial charge in [0.1, 0.15) is 5.82 Å². The molecule has 0 aliphatic heterocycles. The van der Waals surface area contributed by atoms with Gasteiger partial charge in [-0.3, -0.25) is 4.79 Å². The molecule has 1 aliphatic carbocycles. The maximum Gasteiger partial charge on any atom is 0.219 e. The van der Waals surface area contributed by atoms with Crippen LogP contribution in [0.4, 0.5) is 0 Å². The molecule has 2 aromatic rings. The zero-order chi connectivity index (χ0) is 15.0. The minimum absolute atomic E-state index is 0.0538. The molecule has 0 bridgehead atoms. The summed E-state index contributed by atoms with van der Waals surface area (Å²) in [4.78, 5) is 18.0. The Morgan fingerprint density at radius 2 is 2.14 bits per heavy atom. The molecular formula is C16H20ClN3O. The third-order valence-corrected chi connectivity index (χ3v) is 4.57. The molecule has 0 spiro atoms. The van der Waals surface area contributed by atoms with Crippen LogP contribution >= 0.6 is 11.6 Å². The van der Waals surface area contributed by atoms with Crippen LogP contribution in [-0.2, 0) is 11.3 Å². The molecule has 0 N–H and O–H groups in total. The van der Waals surface area contributed by atoms with E-state index in [4.69, 9.17) is 16.6 Å². The lowest BCUT2D eigenvalue weighted by Crippen LogP contribution is -2.25. The largest absolute Gasteiger partial charge is 0.339 e. The van der Waals surface area contributed by atoms with Crippen molar-refractivity contribution in [3.63, 3.8) is 0 Å². The molecule has 0 atom stereocenters. The average Bonchev–Trinajstić information content (AvgIpc) is 3.04. The number of nitrogens with zero attached hydrogens (tertiary/aromatic N) is 3. The Bertz CT molecular complexity index is 673. The second-order valence-corrected chi connectivity index (χ2v) is 6.28. The quantitative estimate of drug-likeness (QED) is 0.865. The van der Waals surface area contributed by atoms with Gasteiger partial charge in [0, 0.05) is 25.0 Å². The van der Waals surface area contributed by atoms with Gasteiger partial charge in [-0.2, -0.15) is 0 Å². The van der Waals surface area contributed by atoms with E-state index >= 15 is 0 Å². The first kappa shape index (κ1) is 14.4. The van der Waals surface area contributed by atoms with Crippen molar-refractivity contribution in [3.05, 3.63) is 29.0 Å². The van der Waals surface area contributed by atoms with Gasteiger partial charge in [-0.05, 0) is 31.0 Å². The fourth-order valence-corrected chi connectivity index (χ4v) is 3.29. The van der Waals surface area contributed by atoms with Crippen LogP contribution in [0.5, 0.6) is 0 Å². The predicted octanol–water partition coefficient (Wildman–Crippen LogP) is 3.78. The first-order chi connectivity index (χ1) is 10.1. The third kappa shape index (κ3) is 2.77. The number of halogens is 1. The molecule has 1 aromatic carbocycles. The third-order valence-electron chi connectivity index (χ3n) is 4.33. The van der Waals surface area contributed by atoms with E-state index in [9.17, 15) is 4.79 Å². The molecule has 4 nitrogen and oxygen atoms in total. The summed E-state index contributed by atoms with van der Waals surface area (Å²) in [5.41, 5.74) is 2.04. The summed E-state index contributed by atoms with van der Waals surface area (Å²) in [5.74, 6) is 1.01. The highest BCUT2D eigenvalue weighted by Crippen LogP contribution is 2.34. The molecule has 1 aromatic heterocycles. The fourth-order valence-electron chi connectivity index (χ4n) is 3.12. The highest BCUT2D eigenvalue weighted by Gasteiger charge is 2.23. The zero-order valence-electron chi connectivity index (χ0n) is 12.5. The molecule has 5 heteroatoms.